The molecule has 0 saturated carbocycles. The number of carbonyl (C=O) groups excluding carboxylic acids is 2. The van der Waals surface area contributed by atoms with E-state index in [1.54, 1.807) is 24.3 Å². The summed E-state index contributed by atoms with van der Waals surface area (Å²) < 4.78 is 42.0. The highest BCUT2D eigenvalue weighted by Gasteiger charge is 2.34. The number of amides is 2. The van der Waals surface area contributed by atoms with Crippen molar-refractivity contribution in [2.45, 2.75) is 30.2 Å². The van der Waals surface area contributed by atoms with E-state index in [0.29, 0.717) is 29.9 Å². The van der Waals surface area contributed by atoms with Gasteiger partial charge in [-0.3, -0.25) is 9.59 Å². The van der Waals surface area contributed by atoms with Crippen molar-refractivity contribution >= 4 is 43.5 Å². The van der Waals surface area contributed by atoms with Crippen LogP contribution in [0.5, 0.6) is 0 Å². The molecule has 2 aliphatic rings. The largest absolute Gasteiger partial charge is 0.324 e. The van der Waals surface area contributed by atoms with E-state index in [-0.39, 0.29) is 22.9 Å². The molecular weight excluding hydrogens is 561 g/mol. The van der Waals surface area contributed by atoms with Crippen molar-refractivity contribution in [2.24, 2.45) is 0 Å². The maximum atomic E-state index is 13.8. The second-order valence-corrected chi connectivity index (χ2v) is 12.0. The molecule has 37 heavy (non-hydrogen) atoms. The molecule has 1 atom stereocenters. The summed E-state index contributed by atoms with van der Waals surface area (Å²) in [5.74, 6) is -1.23. The Balaban J connectivity index is 1.53. The molecule has 0 unspecified atom stereocenters. The molecule has 1 N–H and O–H groups in total. The number of fused-ring (bicyclic) bond motifs is 1. The van der Waals surface area contributed by atoms with Crippen molar-refractivity contribution < 1.29 is 22.4 Å². The van der Waals surface area contributed by atoms with Gasteiger partial charge in [0.2, 0.25) is 15.9 Å². The molecule has 5 rings (SSSR count). The topological polar surface area (TPSA) is 86.8 Å². The van der Waals surface area contributed by atoms with Crippen molar-refractivity contribution in [2.75, 3.05) is 25.0 Å². The summed E-state index contributed by atoms with van der Waals surface area (Å²) in [6, 6.07) is 16.3. The third-order valence-corrected chi connectivity index (χ3v) is 9.11. The van der Waals surface area contributed by atoms with E-state index in [1.165, 1.54) is 45.6 Å². The van der Waals surface area contributed by atoms with Gasteiger partial charge in [0, 0.05) is 34.4 Å². The molecule has 10 heteroatoms. The molecule has 192 valence electrons. The number of carbonyl (C=O) groups is 2. The quantitative estimate of drug-likeness (QED) is 0.469. The minimum absolute atomic E-state index is 0.129. The maximum absolute atomic E-state index is 13.8. The fourth-order valence-corrected chi connectivity index (χ4v) is 6.76. The van der Waals surface area contributed by atoms with Crippen LogP contribution in [0.25, 0.3) is 0 Å². The fraction of sp³-hybridized carbons (Fsp3) is 0.259. The van der Waals surface area contributed by atoms with E-state index in [9.17, 15) is 22.4 Å². The first-order valence-corrected chi connectivity index (χ1v) is 14.2. The van der Waals surface area contributed by atoms with Crippen molar-refractivity contribution in [3.63, 3.8) is 0 Å². The number of benzene rings is 3. The molecule has 0 aliphatic carbocycles. The fourth-order valence-electron chi connectivity index (χ4n) is 4.86. The highest BCUT2D eigenvalue weighted by molar-refractivity contribution is 9.10. The Bertz CT molecular complexity index is 1440. The molecule has 0 bridgehead atoms. The van der Waals surface area contributed by atoms with Gasteiger partial charge in [-0.1, -0.05) is 34.5 Å². The number of hydrogen-bond donors (Lipinski definition) is 1. The third kappa shape index (κ3) is 5.18. The van der Waals surface area contributed by atoms with Crippen molar-refractivity contribution in [1.82, 2.24) is 9.21 Å². The molecule has 7 nitrogen and oxygen atoms in total. The van der Waals surface area contributed by atoms with E-state index in [2.05, 4.69) is 21.2 Å². The number of nitrogens with one attached hydrogen (secondary N) is 1. The summed E-state index contributed by atoms with van der Waals surface area (Å²) in [7, 11) is -3.64. The van der Waals surface area contributed by atoms with Gasteiger partial charge in [-0.2, -0.15) is 4.31 Å². The zero-order chi connectivity index (χ0) is 26.2. The summed E-state index contributed by atoms with van der Waals surface area (Å²) in [5.41, 5.74) is 2.11. The van der Waals surface area contributed by atoms with Gasteiger partial charge < -0.3 is 10.2 Å². The Morgan fingerprint density at radius 3 is 2.30 bits per heavy atom. The number of sulfonamides is 1. The van der Waals surface area contributed by atoms with Crippen LogP contribution in [0.3, 0.4) is 0 Å². The highest BCUT2D eigenvalue weighted by Crippen LogP contribution is 2.38. The SMILES string of the molecule is O=C1CN(C(=O)c2ccc(S(=O)(=O)N3CCCCC3)cc2)[C@@H](c2ccc(F)cc2)c2cc(Br)ccc2N1. The van der Waals surface area contributed by atoms with Gasteiger partial charge in [-0.25, -0.2) is 12.8 Å². The predicted octanol–water partition coefficient (Wildman–Crippen LogP) is 4.95. The summed E-state index contributed by atoms with van der Waals surface area (Å²) in [6.07, 6.45) is 2.67. The lowest BCUT2D eigenvalue weighted by molar-refractivity contribution is -0.117. The number of halogens is 2. The second kappa shape index (κ2) is 10.4. The lowest BCUT2D eigenvalue weighted by Gasteiger charge is -2.31. The molecule has 3 aromatic carbocycles. The predicted molar refractivity (Wildman–Crippen MR) is 141 cm³/mol. The molecule has 2 aliphatic heterocycles. The zero-order valence-electron chi connectivity index (χ0n) is 19.9. The summed E-state index contributed by atoms with van der Waals surface area (Å²) in [5, 5.41) is 2.85. The van der Waals surface area contributed by atoms with Gasteiger partial charge >= 0.3 is 0 Å². The van der Waals surface area contributed by atoms with E-state index in [0.717, 1.165) is 23.7 Å². The first kappa shape index (κ1) is 25.6. The summed E-state index contributed by atoms with van der Waals surface area (Å²) in [4.78, 5) is 28.2. The second-order valence-electron chi connectivity index (χ2n) is 9.16. The van der Waals surface area contributed by atoms with Crippen molar-refractivity contribution in [3.05, 3.63) is 93.7 Å². The lowest BCUT2D eigenvalue weighted by Crippen LogP contribution is -2.39. The van der Waals surface area contributed by atoms with Gasteiger partial charge in [0.15, 0.2) is 0 Å². The van der Waals surface area contributed by atoms with Crippen LogP contribution in [0.2, 0.25) is 0 Å². The van der Waals surface area contributed by atoms with Gasteiger partial charge in [-0.05, 0) is 73.0 Å². The third-order valence-electron chi connectivity index (χ3n) is 6.71. The minimum Gasteiger partial charge on any atom is -0.324 e. The van der Waals surface area contributed by atoms with Crippen LogP contribution in [0.1, 0.15) is 46.8 Å². The zero-order valence-corrected chi connectivity index (χ0v) is 22.3. The molecule has 0 spiro atoms. The number of piperidine rings is 1. The van der Waals surface area contributed by atoms with Crippen LogP contribution >= 0.6 is 15.9 Å². The van der Waals surface area contributed by atoms with Crippen LogP contribution in [0.15, 0.2) is 76.1 Å². The normalized spacial score (nSPS) is 18.6. The Morgan fingerprint density at radius 2 is 1.62 bits per heavy atom. The first-order valence-electron chi connectivity index (χ1n) is 12.0. The smallest absolute Gasteiger partial charge is 0.255 e. The average molecular weight is 586 g/mol. The Hall–Kier alpha value is -3.08. The van der Waals surface area contributed by atoms with Crippen LogP contribution in [0, 0.1) is 5.82 Å². The molecule has 0 aromatic heterocycles. The lowest BCUT2D eigenvalue weighted by atomic mass is 9.95. The number of nitrogens with zero attached hydrogens (tertiary/aromatic N) is 2. The Labute approximate surface area is 223 Å². The Kier molecular flexibility index (Phi) is 7.15. The summed E-state index contributed by atoms with van der Waals surface area (Å²) >= 11 is 3.47. The van der Waals surface area contributed by atoms with E-state index in [1.807, 2.05) is 6.07 Å². The highest BCUT2D eigenvalue weighted by atomic mass is 79.9. The van der Waals surface area contributed by atoms with Gasteiger partial charge in [0.1, 0.15) is 12.4 Å². The van der Waals surface area contributed by atoms with Gasteiger partial charge in [0.05, 0.1) is 10.9 Å². The maximum Gasteiger partial charge on any atom is 0.255 e. The van der Waals surface area contributed by atoms with E-state index >= 15 is 0 Å². The van der Waals surface area contributed by atoms with Crippen LogP contribution < -0.4 is 5.32 Å². The van der Waals surface area contributed by atoms with Crippen LogP contribution in [-0.4, -0.2) is 49.1 Å². The van der Waals surface area contributed by atoms with Gasteiger partial charge in [0.25, 0.3) is 5.91 Å². The molecule has 1 saturated heterocycles. The van der Waals surface area contributed by atoms with E-state index < -0.39 is 27.8 Å². The molecule has 2 amide bonds. The minimum atomic E-state index is -3.64. The molecule has 2 heterocycles. The molecular formula is C27H25BrFN3O4S. The Morgan fingerprint density at radius 1 is 0.946 bits per heavy atom. The molecule has 1 fully saturated rings. The monoisotopic (exact) mass is 585 g/mol. The molecule has 0 radical (unpaired) electrons. The van der Waals surface area contributed by atoms with Crippen molar-refractivity contribution in [1.29, 1.82) is 0 Å². The first-order chi connectivity index (χ1) is 17.7. The van der Waals surface area contributed by atoms with Crippen LogP contribution in [0.4, 0.5) is 10.1 Å². The van der Waals surface area contributed by atoms with Gasteiger partial charge in [-0.15, -0.1) is 0 Å². The number of anilines is 1. The number of hydrogen-bond acceptors (Lipinski definition) is 4. The average Bonchev–Trinajstić information content (AvgIpc) is 3.05. The number of rotatable bonds is 4. The van der Waals surface area contributed by atoms with Crippen molar-refractivity contribution in [3.8, 4) is 0 Å². The summed E-state index contributed by atoms with van der Waals surface area (Å²) in [6.45, 7) is 0.738. The molecule has 3 aromatic rings. The van der Waals surface area contributed by atoms with Crippen LogP contribution in [-0.2, 0) is 14.8 Å². The van der Waals surface area contributed by atoms with E-state index in [4.69, 9.17) is 0 Å². The standard InChI is InChI=1S/C27H25BrFN3O4S/c28-20-8-13-24-23(16-20)26(18-4-9-21(29)10-5-18)32(17-25(33)30-24)27(34)19-6-11-22(12-7-19)37(35,36)31-14-2-1-3-15-31/h4-13,16,26H,1-3,14-15,17H2,(H,30,33)/t26-/m0/s1.